The molecule has 0 spiro atoms. The molecule has 2 N–H and O–H groups in total. The molecular formula is C19H28N2O4. The fraction of sp³-hybridized carbons (Fsp3) is 0.579. The normalized spacial score (nSPS) is 16.3. The first-order valence-electron chi connectivity index (χ1n) is 8.73. The van der Waals surface area contributed by atoms with Gasteiger partial charge in [-0.25, -0.2) is 0 Å². The van der Waals surface area contributed by atoms with E-state index in [1.165, 1.54) is 0 Å². The van der Waals surface area contributed by atoms with Crippen LogP contribution in [0.25, 0.3) is 0 Å². The van der Waals surface area contributed by atoms with Crippen molar-refractivity contribution >= 4 is 11.8 Å². The van der Waals surface area contributed by atoms with Crippen molar-refractivity contribution in [2.24, 2.45) is 5.41 Å². The third-order valence-electron chi connectivity index (χ3n) is 4.83. The average Bonchev–Trinajstić information content (AvgIpc) is 2.62. The van der Waals surface area contributed by atoms with Gasteiger partial charge in [0.05, 0.1) is 6.61 Å². The summed E-state index contributed by atoms with van der Waals surface area (Å²) in [5, 5.41) is 12.5. The van der Waals surface area contributed by atoms with Crippen LogP contribution in [-0.4, -0.2) is 61.8 Å². The number of hydrogen-bond acceptors (Lipinski definition) is 4. The highest BCUT2D eigenvalue weighted by Crippen LogP contribution is 2.30. The van der Waals surface area contributed by atoms with E-state index in [1.54, 1.807) is 24.1 Å². The standard InChI is InChI=1S/C19H28N2O4/c1-15-3-5-16(6-4-15)18(24)20-10-7-17(23)21(2)13-19(14-22)8-11-25-12-9-19/h3-6,22H,7-14H2,1-2H3,(H,20,24). The maximum absolute atomic E-state index is 12.3. The second-order valence-electron chi connectivity index (χ2n) is 6.89. The molecule has 6 heteroatoms. The second kappa shape index (κ2) is 8.97. The van der Waals surface area contributed by atoms with Gasteiger partial charge in [-0.1, -0.05) is 17.7 Å². The number of aliphatic hydroxyl groups excluding tert-OH is 1. The van der Waals surface area contributed by atoms with Gasteiger partial charge in [0.2, 0.25) is 5.91 Å². The predicted molar refractivity (Wildman–Crippen MR) is 95.3 cm³/mol. The van der Waals surface area contributed by atoms with Crippen molar-refractivity contribution in [3.8, 4) is 0 Å². The van der Waals surface area contributed by atoms with Crippen LogP contribution in [0.5, 0.6) is 0 Å². The molecule has 6 nitrogen and oxygen atoms in total. The topological polar surface area (TPSA) is 78.9 Å². The van der Waals surface area contributed by atoms with E-state index in [2.05, 4.69) is 5.32 Å². The first-order chi connectivity index (χ1) is 12.0. The number of nitrogens with one attached hydrogen (secondary N) is 1. The Kier molecular flexibility index (Phi) is 6.96. The van der Waals surface area contributed by atoms with Crippen LogP contribution in [-0.2, 0) is 9.53 Å². The number of benzene rings is 1. The minimum Gasteiger partial charge on any atom is -0.396 e. The molecule has 1 saturated heterocycles. The molecule has 0 radical (unpaired) electrons. The number of hydrogen-bond donors (Lipinski definition) is 2. The van der Waals surface area contributed by atoms with Gasteiger partial charge in [-0.2, -0.15) is 0 Å². The van der Waals surface area contributed by atoms with Crippen LogP contribution in [0.3, 0.4) is 0 Å². The fourth-order valence-electron chi connectivity index (χ4n) is 3.04. The van der Waals surface area contributed by atoms with Crippen LogP contribution in [0.2, 0.25) is 0 Å². The third kappa shape index (κ3) is 5.54. The molecule has 2 amide bonds. The number of carbonyl (C=O) groups is 2. The summed E-state index contributed by atoms with van der Waals surface area (Å²) in [5.74, 6) is -0.213. The summed E-state index contributed by atoms with van der Waals surface area (Å²) >= 11 is 0. The second-order valence-corrected chi connectivity index (χ2v) is 6.89. The van der Waals surface area contributed by atoms with Gasteiger partial charge in [-0.05, 0) is 31.9 Å². The van der Waals surface area contributed by atoms with E-state index in [9.17, 15) is 14.7 Å². The highest BCUT2D eigenvalue weighted by molar-refractivity contribution is 5.94. The molecule has 1 aromatic rings. The van der Waals surface area contributed by atoms with Gasteiger partial charge in [0.15, 0.2) is 0 Å². The maximum atomic E-state index is 12.3. The molecule has 1 heterocycles. The van der Waals surface area contributed by atoms with Crippen LogP contribution >= 0.6 is 0 Å². The Bertz CT molecular complexity index is 580. The highest BCUT2D eigenvalue weighted by Gasteiger charge is 2.34. The molecule has 0 bridgehead atoms. The molecule has 1 aromatic carbocycles. The Morgan fingerprint density at radius 1 is 1.24 bits per heavy atom. The van der Waals surface area contributed by atoms with E-state index >= 15 is 0 Å². The zero-order valence-electron chi connectivity index (χ0n) is 15.1. The lowest BCUT2D eigenvalue weighted by Gasteiger charge is -2.38. The van der Waals surface area contributed by atoms with Gasteiger partial charge in [-0.3, -0.25) is 9.59 Å². The quantitative estimate of drug-likeness (QED) is 0.780. The minimum absolute atomic E-state index is 0.0384. The van der Waals surface area contributed by atoms with Crippen molar-refractivity contribution in [1.82, 2.24) is 10.2 Å². The van der Waals surface area contributed by atoms with Gasteiger partial charge >= 0.3 is 0 Å². The Labute approximate surface area is 149 Å². The van der Waals surface area contributed by atoms with Crippen LogP contribution in [0.1, 0.15) is 35.2 Å². The lowest BCUT2D eigenvalue weighted by Crippen LogP contribution is -2.45. The minimum atomic E-state index is -0.270. The largest absolute Gasteiger partial charge is 0.396 e. The summed E-state index contributed by atoms with van der Waals surface area (Å²) in [5.41, 5.74) is 1.42. The molecule has 0 unspecified atom stereocenters. The summed E-state index contributed by atoms with van der Waals surface area (Å²) in [7, 11) is 1.75. The van der Waals surface area contributed by atoms with Crippen molar-refractivity contribution in [3.63, 3.8) is 0 Å². The van der Waals surface area contributed by atoms with E-state index in [0.29, 0.717) is 31.9 Å². The van der Waals surface area contributed by atoms with E-state index in [-0.39, 0.29) is 30.3 Å². The summed E-state index contributed by atoms with van der Waals surface area (Å²) in [6.07, 6.45) is 1.75. The number of nitrogens with zero attached hydrogens (tertiary/aromatic N) is 1. The first kappa shape index (κ1) is 19.4. The Morgan fingerprint density at radius 2 is 1.88 bits per heavy atom. The summed E-state index contributed by atoms with van der Waals surface area (Å²) in [6.45, 7) is 4.07. The maximum Gasteiger partial charge on any atom is 0.251 e. The van der Waals surface area contributed by atoms with Gasteiger partial charge in [0, 0.05) is 50.8 Å². The number of aryl methyl sites for hydroxylation is 1. The lowest BCUT2D eigenvalue weighted by molar-refractivity contribution is -0.133. The van der Waals surface area contributed by atoms with Crippen molar-refractivity contribution in [3.05, 3.63) is 35.4 Å². The number of rotatable bonds is 7. The molecule has 25 heavy (non-hydrogen) atoms. The first-order valence-corrected chi connectivity index (χ1v) is 8.73. The Hall–Kier alpha value is -1.92. The van der Waals surface area contributed by atoms with Gasteiger partial charge in [-0.15, -0.1) is 0 Å². The molecule has 0 saturated carbocycles. The summed E-state index contributed by atoms with van der Waals surface area (Å²) < 4.78 is 5.35. The molecule has 2 rings (SSSR count). The van der Waals surface area contributed by atoms with Gasteiger partial charge in [0.25, 0.3) is 5.91 Å². The summed E-state index contributed by atoms with van der Waals surface area (Å²) in [6, 6.07) is 7.32. The van der Waals surface area contributed by atoms with Crippen molar-refractivity contribution < 1.29 is 19.4 Å². The molecular weight excluding hydrogens is 320 g/mol. The number of carbonyl (C=O) groups excluding carboxylic acids is 2. The van der Waals surface area contributed by atoms with Crippen molar-refractivity contribution in [1.29, 1.82) is 0 Å². The van der Waals surface area contributed by atoms with Crippen LogP contribution in [0.15, 0.2) is 24.3 Å². The third-order valence-corrected chi connectivity index (χ3v) is 4.83. The monoisotopic (exact) mass is 348 g/mol. The average molecular weight is 348 g/mol. The van der Waals surface area contributed by atoms with Crippen LogP contribution in [0, 0.1) is 12.3 Å². The van der Waals surface area contributed by atoms with E-state index in [1.807, 2.05) is 19.1 Å². The van der Waals surface area contributed by atoms with E-state index in [0.717, 1.165) is 18.4 Å². The van der Waals surface area contributed by atoms with E-state index in [4.69, 9.17) is 4.74 Å². The van der Waals surface area contributed by atoms with Crippen molar-refractivity contribution in [2.45, 2.75) is 26.2 Å². The summed E-state index contributed by atoms with van der Waals surface area (Å²) in [4.78, 5) is 26.0. The molecule has 1 aliphatic rings. The molecule has 1 fully saturated rings. The zero-order chi connectivity index (χ0) is 18.3. The van der Waals surface area contributed by atoms with Crippen LogP contribution < -0.4 is 5.32 Å². The van der Waals surface area contributed by atoms with E-state index < -0.39 is 0 Å². The highest BCUT2D eigenvalue weighted by atomic mass is 16.5. The number of ether oxygens (including phenoxy) is 1. The molecule has 138 valence electrons. The smallest absolute Gasteiger partial charge is 0.251 e. The number of aliphatic hydroxyl groups is 1. The lowest BCUT2D eigenvalue weighted by atomic mass is 9.80. The molecule has 0 aliphatic carbocycles. The predicted octanol–water partition coefficient (Wildman–Crippen LogP) is 1.36. The van der Waals surface area contributed by atoms with Crippen LogP contribution in [0.4, 0.5) is 0 Å². The molecule has 0 atom stereocenters. The number of amides is 2. The van der Waals surface area contributed by atoms with Gasteiger partial charge < -0.3 is 20.1 Å². The Morgan fingerprint density at radius 3 is 2.48 bits per heavy atom. The van der Waals surface area contributed by atoms with Crippen molar-refractivity contribution in [2.75, 3.05) is 40.0 Å². The molecule has 1 aliphatic heterocycles. The SMILES string of the molecule is Cc1ccc(C(=O)NCCC(=O)N(C)CC2(CO)CCOCC2)cc1. The van der Waals surface area contributed by atoms with Gasteiger partial charge in [0.1, 0.15) is 0 Å². The zero-order valence-corrected chi connectivity index (χ0v) is 15.1. The fourth-order valence-corrected chi connectivity index (χ4v) is 3.04. The Balaban J connectivity index is 1.77. The molecule has 0 aromatic heterocycles.